The first kappa shape index (κ1) is 20.5. The van der Waals surface area contributed by atoms with E-state index in [0.717, 1.165) is 42.8 Å². The number of carbonyl (C=O) groups excluding carboxylic acids is 1. The Balaban J connectivity index is 1.61. The lowest BCUT2D eigenvalue weighted by Gasteiger charge is -2.23. The molecule has 1 aliphatic rings. The maximum absolute atomic E-state index is 13.4. The zero-order chi connectivity index (χ0) is 21.8. The minimum absolute atomic E-state index is 0.0401. The van der Waals surface area contributed by atoms with Crippen LogP contribution in [0, 0.1) is 0 Å². The summed E-state index contributed by atoms with van der Waals surface area (Å²) in [7, 11) is 0. The SMILES string of the molecule is O=C(Cn1c(C(c2ccccc2)c2ccccc2)nc2ccccc21)N1CCCCCC1. The Kier molecular flexibility index (Phi) is 6.02. The Morgan fingerprint density at radius 3 is 1.94 bits per heavy atom. The molecule has 4 heteroatoms. The van der Waals surface area contributed by atoms with E-state index in [1.165, 1.54) is 24.0 Å². The first-order chi connectivity index (χ1) is 15.8. The monoisotopic (exact) mass is 423 g/mol. The molecule has 0 spiro atoms. The number of hydrogen-bond acceptors (Lipinski definition) is 2. The van der Waals surface area contributed by atoms with Crippen LogP contribution < -0.4 is 0 Å². The van der Waals surface area contributed by atoms with Gasteiger partial charge in [0.1, 0.15) is 12.4 Å². The van der Waals surface area contributed by atoms with Gasteiger partial charge in [0.15, 0.2) is 0 Å². The van der Waals surface area contributed by atoms with Crippen LogP contribution in [0.5, 0.6) is 0 Å². The number of aromatic nitrogens is 2. The van der Waals surface area contributed by atoms with Gasteiger partial charge < -0.3 is 9.47 Å². The average Bonchev–Trinajstić information content (AvgIpc) is 3.01. The second kappa shape index (κ2) is 9.39. The Morgan fingerprint density at radius 2 is 1.31 bits per heavy atom. The van der Waals surface area contributed by atoms with Crippen LogP contribution in [0.4, 0.5) is 0 Å². The Bertz CT molecular complexity index is 1140. The molecule has 0 bridgehead atoms. The maximum Gasteiger partial charge on any atom is 0.242 e. The molecule has 0 N–H and O–H groups in total. The molecule has 162 valence electrons. The van der Waals surface area contributed by atoms with Crippen molar-refractivity contribution in [1.82, 2.24) is 14.5 Å². The highest BCUT2D eigenvalue weighted by Gasteiger charge is 2.26. The summed E-state index contributed by atoms with van der Waals surface area (Å²) in [6.07, 6.45) is 4.63. The second-order valence-electron chi connectivity index (χ2n) is 8.59. The third kappa shape index (κ3) is 4.18. The van der Waals surface area contributed by atoms with Gasteiger partial charge in [-0.15, -0.1) is 0 Å². The molecule has 32 heavy (non-hydrogen) atoms. The fourth-order valence-corrected chi connectivity index (χ4v) is 4.82. The van der Waals surface area contributed by atoms with Gasteiger partial charge in [0.25, 0.3) is 0 Å². The summed E-state index contributed by atoms with van der Waals surface area (Å²) in [6.45, 7) is 2.05. The Morgan fingerprint density at radius 1 is 0.750 bits per heavy atom. The third-order valence-corrected chi connectivity index (χ3v) is 6.46. The molecule has 0 saturated carbocycles. The van der Waals surface area contributed by atoms with Crippen molar-refractivity contribution in [3.05, 3.63) is 102 Å². The van der Waals surface area contributed by atoms with Crippen molar-refractivity contribution in [1.29, 1.82) is 0 Å². The van der Waals surface area contributed by atoms with E-state index in [1.807, 2.05) is 35.2 Å². The molecular weight excluding hydrogens is 394 g/mol. The van der Waals surface area contributed by atoms with Crippen molar-refractivity contribution < 1.29 is 4.79 Å². The molecule has 0 atom stereocenters. The number of fused-ring (bicyclic) bond motifs is 1. The molecular formula is C28H29N3O. The van der Waals surface area contributed by atoms with Crippen LogP contribution in [0.2, 0.25) is 0 Å². The normalized spacial score (nSPS) is 14.6. The van der Waals surface area contributed by atoms with Crippen LogP contribution in [-0.2, 0) is 11.3 Å². The van der Waals surface area contributed by atoms with Crippen molar-refractivity contribution in [2.24, 2.45) is 0 Å². The van der Waals surface area contributed by atoms with Gasteiger partial charge >= 0.3 is 0 Å². The number of carbonyl (C=O) groups is 1. The summed E-state index contributed by atoms with van der Waals surface area (Å²) >= 11 is 0. The fraction of sp³-hybridized carbons (Fsp3) is 0.286. The molecule has 3 aromatic carbocycles. The van der Waals surface area contributed by atoms with Gasteiger partial charge in [-0.1, -0.05) is 85.6 Å². The molecule has 0 unspecified atom stereocenters. The highest BCUT2D eigenvalue weighted by molar-refractivity contribution is 5.81. The predicted molar refractivity (Wildman–Crippen MR) is 129 cm³/mol. The largest absolute Gasteiger partial charge is 0.341 e. The number of amides is 1. The summed E-state index contributed by atoms with van der Waals surface area (Å²) in [5, 5.41) is 0. The van der Waals surface area contributed by atoms with E-state index in [4.69, 9.17) is 4.98 Å². The molecule has 1 aromatic heterocycles. The van der Waals surface area contributed by atoms with Gasteiger partial charge in [0, 0.05) is 13.1 Å². The van der Waals surface area contributed by atoms with Gasteiger partial charge in [-0.25, -0.2) is 4.98 Å². The topological polar surface area (TPSA) is 38.1 Å². The molecule has 5 rings (SSSR count). The van der Waals surface area contributed by atoms with Gasteiger partial charge in [-0.2, -0.15) is 0 Å². The number of hydrogen-bond donors (Lipinski definition) is 0. The highest BCUT2D eigenvalue weighted by Crippen LogP contribution is 2.33. The molecule has 4 nitrogen and oxygen atoms in total. The molecule has 0 aliphatic carbocycles. The van der Waals surface area contributed by atoms with Crippen LogP contribution in [0.1, 0.15) is 48.6 Å². The lowest BCUT2D eigenvalue weighted by atomic mass is 9.90. The van der Waals surface area contributed by atoms with Crippen molar-refractivity contribution in [3.63, 3.8) is 0 Å². The number of imidazole rings is 1. The van der Waals surface area contributed by atoms with Crippen molar-refractivity contribution in [2.75, 3.05) is 13.1 Å². The van der Waals surface area contributed by atoms with Gasteiger partial charge in [-0.3, -0.25) is 4.79 Å². The summed E-state index contributed by atoms with van der Waals surface area (Å²) in [6, 6.07) is 29.1. The zero-order valence-electron chi connectivity index (χ0n) is 18.4. The minimum atomic E-state index is -0.0401. The highest BCUT2D eigenvalue weighted by atomic mass is 16.2. The second-order valence-corrected chi connectivity index (χ2v) is 8.59. The molecule has 1 fully saturated rings. The lowest BCUT2D eigenvalue weighted by molar-refractivity contribution is -0.131. The van der Waals surface area contributed by atoms with E-state index in [9.17, 15) is 4.79 Å². The number of nitrogens with zero attached hydrogens (tertiary/aromatic N) is 3. The molecule has 2 heterocycles. The van der Waals surface area contributed by atoms with Crippen molar-refractivity contribution in [2.45, 2.75) is 38.1 Å². The third-order valence-electron chi connectivity index (χ3n) is 6.46. The smallest absolute Gasteiger partial charge is 0.242 e. The molecule has 1 aliphatic heterocycles. The Hall–Kier alpha value is -3.40. The zero-order valence-corrected chi connectivity index (χ0v) is 18.4. The van der Waals surface area contributed by atoms with E-state index < -0.39 is 0 Å². The summed E-state index contributed by atoms with van der Waals surface area (Å²) in [5.74, 6) is 1.07. The Labute approximate surface area is 189 Å². The van der Waals surface area contributed by atoms with Crippen LogP contribution in [0.3, 0.4) is 0 Å². The predicted octanol–water partition coefficient (Wildman–Crippen LogP) is 5.62. The van der Waals surface area contributed by atoms with Crippen LogP contribution in [0.15, 0.2) is 84.9 Å². The van der Waals surface area contributed by atoms with Crippen LogP contribution >= 0.6 is 0 Å². The summed E-state index contributed by atoms with van der Waals surface area (Å²) < 4.78 is 2.15. The van der Waals surface area contributed by atoms with E-state index >= 15 is 0 Å². The van der Waals surface area contributed by atoms with E-state index in [0.29, 0.717) is 6.54 Å². The lowest BCUT2D eigenvalue weighted by Crippen LogP contribution is -2.35. The van der Waals surface area contributed by atoms with E-state index in [2.05, 4.69) is 59.2 Å². The number of benzene rings is 3. The van der Waals surface area contributed by atoms with Crippen LogP contribution in [-0.4, -0.2) is 33.4 Å². The van der Waals surface area contributed by atoms with Crippen molar-refractivity contribution in [3.8, 4) is 0 Å². The summed E-state index contributed by atoms with van der Waals surface area (Å²) in [5.41, 5.74) is 4.31. The quantitative estimate of drug-likeness (QED) is 0.418. The molecule has 0 radical (unpaired) electrons. The number of rotatable bonds is 5. The van der Waals surface area contributed by atoms with Crippen molar-refractivity contribution >= 4 is 16.9 Å². The first-order valence-electron chi connectivity index (χ1n) is 11.6. The summed E-state index contributed by atoms with van der Waals surface area (Å²) in [4.78, 5) is 20.5. The minimum Gasteiger partial charge on any atom is -0.341 e. The van der Waals surface area contributed by atoms with Gasteiger partial charge in [0.05, 0.1) is 17.0 Å². The fourth-order valence-electron chi connectivity index (χ4n) is 4.82. The number of likely N-dealkylation sites (tertiary alicyclic amines) is 1. The average molecular weight is 424 g/mol. The maximum atomic E-state index is 13.4. The van der Waals surface area contributed by atoms with E-state index in [-0.39, 0.29) is 11.8 Å². The van der Waals surface area contributed by atoms with Gasteiger partial charge in [-0.05, 0) is 36.1 Å². The molecule has 1 saturated heterocycles. The standard InChI is InChI=1S/C28H29N3O/c32-26(30-19-11-1-2-12-20-30)21-31-25-18-10-9-17-24(25)29-28(31)27(22-13-5-3-6-14-22)23-15-7-4-8-16-23/h3-10,13-18,27H,1-2,11-12,19-21H2. The molecule has 4 aromatic rings. The number of para-hydroxylation sites is 2. The van der Waals surface area contributed by atoms with Gasteiger partial charge in [0.2, 0.25) is 5.91 Å². The first-order valence-corrected chi connectivity index (χ1v) is 11.6. The van der Waals surface area contributed by atoms with Crippen LogP contribution in [0.25, 0.3) is 11.0 Å². The van der Waals surface area contributed by atoms with E-state index in [1.54, 1.807) is 0 Å². The molecule has 1 amide bonds.